The maximum Gasteiger partial charge on any atom is 0.0661 e. The number of hydrogen-bond acceptors (Lipinski definition) is 2. The summed E-state index contributed by atoms with van der Waals surface area (Å²) in [5, 5.41) is 13.3. The fourth-order valence-electron chi connectivity index (χ4n) is 2.58. The standard InChI is InChI=1S/C15H22BrNO/c1-14(2)7-9-15(11-18,10-8-14)17-13-6-4-3-5-12(13)16/h3-6,17-18H,7-11H2,1-2H3. The number of halogens is 1. The van der Waals surface area contributed by atoms with Crippen molar-refractivity contribution in [3.05, 3.63) is 28.7 Å². The summed E-state index contributed by atoms with van der Waals surface area (Å²) >= 11 is 3.55. The van der Waals surface area contributed by atoms with Crippen molar-refractivity contribution >= 4 is 21.6 Å². The number of para-hydroxylation sites is 1. The summed E-state index contributed by atoms with van der Waals surface area (Å²) in [7, 11) is 0. The lowest BCUT2D eigenvalue weighted by Crippen LogP contribution is -2.46. The summed E-state index contributed by atoms with van der Waals surface area (Å²) in [6.45, 7) is 4.82. The Morgan fingerprint density at radius 2 is 1.78 bits per heavy atom. The van der Waals surface area contributed by atoms with E-state index < -0.39 is 0 Å². The highest BCUT2D eigenvalue weighted by Gasteiger charge is 2.38. The monoisotopic (exact) mass is 311 g/mol. The van der Waals surface area contributed by atoms with Crippen LogP contribution < -0.4 is 5.32 Å². The molecule has 0 radical (unpaired) electrons. The van der Waals surface area contributed by atoms with Gasteiger partial charge in [0, 0.05) is 10.2 Å². The van der Waals surface area contributed by atoms with Gasteiger partial charge >= 0.3 is 0 Å². The Hall–Kier alpha value is -0.540. The fourth-order valence-corrected chi connectivity index (χ4v) is 2.96. The van der Waals surface area contributed by atoms with Crippen LogP contribution in [0.15, 0.2) is 28.7 Å². The quantitative estimate of drug-likeness (QED) is 0.877. The molecule has 0 amide bonds. The molecule has 0 bridgehead atoms. The molecule has 1 aromatic rings. The molecule has 2 nitrogen and oxygen atoms in total. The van der Waals surface area contributed by atoms with Gasteiger partial charge in [0.2, 0.25) is 0 Å². The van der Waals surface area contributed by atoms with Gasteiger partial charge < -0.3 is 10.4 Å². The molecule has 1 aliphatic rings. The summed E-state index contributed by atoms with van der Waals surface area (Å²) in [5.41, 5.74) is 1.33. The zero-order valence-corrected chi connectivity index (χ0v) is 12.8. The van der Waals surface area contributed by atoms with Gasteiger partial charge in [-0.1, -0.05) is 26.0 Å². The minimum absolute atomic E-state index is 0.153. The molecular formula is C15H22BrNO. The van der Waals surface area contributed by atoms with E-state index in [1.165, 1.54) is 0 Å². The predicted molar refractivity (Wildman–Crippen MR) is 79.8 cm³/mol. The summed E-state index contributed by atoms with van der Waals surface area (Å²) < 4.78 is 1.06. The summed E-state index contributed by atoms with van der Waals surface area (Å²) in [5.74, 6) is 0. The molecule has 18 heavy (non-hydrogen) atoms. The topological polar surface area (TPSA) is 32.3 Å². The first-order valence-electron chi connectivity index (χ1n) is 6.60. The molecule has 2 N–H and O–H groups in total. The Bertz CT molecular complexity index is 407. The molecule has 1 aliphatic carbocycles. The van der Waals surface area contributed by atoms with Gasteiger partial charge in [0.1, 0.15) is 0 Å². The molecule has 0 aromatic heterocycles. The van der Waals surface area contributed by atoms with Crippen molar-refractivity contribution in [2.24, 2.45) is 5.41 Å². The summed E-state index contributed by atoms with van der Waals surface area (Å²) in [6.07, 6.45) is 4.37. The molecule has 0 atom stereocenters. The second-order valence-electron chi connectivity index (χ2n) is 6.21. The number of aliphatic hydroxyl groups excluding tert-OH is 1. The largest absolute Gasteiger partial charge is 0.394 e. The maximum atomic E-state index is 9.79. The Morgan fingerprint density at radius 1 is 1.17 bits per heavy atom. The highest BCUT2D eigenvalue weighted by molar-refractivity contribution is 9.10. The van der Waals surface area contributed by atoms with E-state index >= 15 is 0 Å². The summed E-state index contributed by atoms with van der Waals surface area (Å²) in [6, 6.07) is 8.11. The minimum atomic E-state index is -0.153. The first kappa shape index (κ1) is 13.9. The molecule has 0 saturated heterocycles. The number of nitrogens with one attached hydrogen (secondary N) is 1. The highest BCUT2D eigenvalue weighted by Crippen LogP contribution is 2.42. The van der Waals surface area contributed by atoms with Crippen molar-refractivity contribution in [2.75, 3.05) is 11.9 Å². The van der Waals surface area contributed by atoms with Crippen molar-refractivity contribution in [2.45, 2.75) is 45.1 Å². The number of anilines is 1. The molecule has 0 aliphatic heterocycles. The molecule has 1 fully saturated rings. The van der Waals surface area contributed by atoms with Gasteiger partial charge in [-0.2, -0.15) is 0 Å². The molecule has 2 rings (SSSR count). The van der Waals surface area contributed by atoms with Gasteiger partial charge in [0.15, 0.2) is 0 Å². The van der Waals surface area contributed by atoms with E-state index in [1.807, 2.05) is 18.2 Å². The van der Waals surface area contributed by atoms with E-state index in [-0.39, 0.29) is 12.1 Å². The molecule has 1 saturated carbocycles. The Morgan fingerprint density at radius 3 is 2.33 bits per heavy atom. The SMILES string of the molecule is CC1(C)CCC(CO)(Nc2ccccc2Br)CC1. The lowest BCUT2D eigenvalue weighted by atomic mass is 9.69. The van der Waals surface area contributed by atoms with Crippen LogP contribution in [-0.4, -0.2) is 17.3 Å². The van der Waals surface area contributed by atoms with Gasteiger partial charge in [0.25, 0.3) is 0 Å². The average molecular weight is 312 g/mol. The van der Waals surface area contributed by atoms with E-state index in [0.29, 0.717) is 5.41 Å². The van der Waals surface area contributed by atoms with Crippen LogP contribution in [0.3, 0.4) is 0 Å². The van der Waals surface area contributed by atoms with Crippen LogP contribution in [0.4, 0.5) is 5.69 Å². The smallest absolute Gasteiger partial charge is 0.0661 e. The predicted octanol–water partition coefficient (Wildman–Crippen LogP) is 4.19. The Balaban J connectivity index is 2.13. The normalized spacial score (nSPS) is 21.6. The van der Waals surface area contributed by atoms with Crippen LogP contribution >= 0.6 is 15.9 Å². The third-order valence-electron chi connectivity index (χ3n) is 4.14. The Kier molecular flexibility index (Phi) is 4.02. The van der Waals surface area contributed by atoms with E-state index in [4.69, 9.17) is 0 Å². The summed E-state index contributed by atoms with van der Waals surface area (Å²) in [4.78, 5) is 0. The van der Waals surface area contributed by atoms with Crippen molar-refractivity contribution in [3.8, 4) is 0 Å². The van der Waals surface area contributed by atoms with Crippen LogP contribution in [0.2, 0.25) is 0 Å². The number of hydrogen-bond donors (Lipinski definition) is 2. The Labute approximate surface area is 118 Å². The van der Waals surface area contributed by atoms with Crippen molar-refractivity contribution in [3.63, 3.8) is 0 Å². The second kappa shape index (κ2) is 5.22. The molecule has 100 valence electrons. The fraction of sp³-hybridized carbons (Fsp3) is 0.600. The number of benzene rings is 1. The lowest BCUT2D eigenvalue weighted by molar-refractivity contribution is 0.118. The van der Waals surface area contributed by atoms with Crippen molar-refractivity contribution in [1.29, 1.82) is 0 Å². The zero-order chi connectivity index (χ0) is 13.2. The third kappa shape index (κ3) is 3.07. The van der Waals surface area contributed by atoms with Gasteiger partial charge in [-0.25, -0.2) is 0 Å². The van der Waals surface area contributed by atoms with Crippen LogP contribution in [0, 0.1) is 5.41 Å². The van der Waals surface area contributed by atoms with Gasteiger partial charge in [0.05, 0.1) is 12.1 Å². The average Bonchev–Trinajstić information content (AvgIpc) is 2.35. The first-order chi connectivity index (χ1) is 8.46. The molecule has 0 heterocycles. The first-order valence-corrected chi connectivity index (χ1v) is 7.39. The van der Waals surface area contributed by atoms with Gasteiger partial charge in [-0.3, -0.25) is 0 Å². The van der Waals surface area contributed by atoms with Crippen LogP contribution in [0.1, 0.15) is 39.5 Å². The zero-order valence-electron chi connectivity index (χ0n) is 11.2. The van der Waals surface area contributed by atoms with Crippen LogP contribution in [0.5, 0.6) is 0 Å². The molecule has 0 unspecified atom stereocenters. The third-order valence-corrected chi connectivity index (χ3v) is 4.83. The van der Waals surface area contributed by atoms with Crippen LogP contribution in [0.25, 0.3) is 0 Å². The van der Waals surface area contributed by atoms with Gasteiger partial charge in [-0.15, -0.1) is 0 Å². The molecule has 0 spiro atoms. The second-order valence-corrected chi connectivity index (χ2v) is 7.06. The van der Waals surface area contributed by atoms with E-state index in [2.05, 4.69) is 41.2 Å². The van der Waals surface area contributed by atoms with Crippen LogP contribution in [-0.2, 0) is 0 Å². The molecular weight excluding hydrogens is 290 g/mol. The molecule has 1 aromatic carbocycles. The van der Waals surface area contributed by atoms with Crippen molar-refractivity contribution in [1.82, 2.24) is 0 Å². The van der Waals surface area contributed by atoms with E-state index in [0.717, 1.165) is 35.8 Å². The van der Waals surface area contributed by atoms with E-state index in [1.54, 1.807) is 0 Å². The van der Waals surface area contributed by atoms with Crippen molar-refractivity contribution < 1.29 is 5.11 Å². The number of rotatable bonds is 3. The lowest BCUT2D eigenvalue weighted by Gasteiger charge is -2.43. The number of aliphatic hydroxyl groups is 1. The van der Waals surface area contributed by atoms with Gasteiger partial charge in [-0.05, 0) is 59.2 Å². The molecule has 3 heteroatoms. The maximum absolute atomic E-state index is 9.79. The minimum Gasteiger partial charge on any atom is -0.394 e. The van der Waals surface area contributed by atoms with E-state index in [9.17, 15) is 5.11 Å². The highest BCUT2D eigenvalue weighted by atomic mass is 79.9.